The lowest BCUT2D eigenvalue weighted by Crippen LogP contribution is -2.57. The number of hydrogen-bond acceptors (Lipinski definition) is 9. The summed E-state index contributed by atoms with van der Waals surface area (Å²) in [5.74, 6) is -7.80. The van der Waals surface area contributed by atoms with Gasteiger partial charge in [-0.1, -0.05) is 0 Å². The van der Waals surface area contributed by atoms with Crippen molar-refractivity contribution in [3.63, 3.8) is 0 Å². The number of primary amides is 1. The molecule has 4 unspecified atom stereocenters. The summed E-state index contributed by atoms with van der Waals surface area (Å²) in [6.07, 6.45) is -2.15. The second-order valence-corrected chi connectivity index (χ2v) is 7.55. The van der Waals surface area contributed by atoms with Gasteiger partial charge in [-0.3, -0.25) is 28.8 Å². The molecule has 10 N–H and O–H groups in total. The molecule has 0 bridgehead atoms. The number of carboxylic acid groups (broad SMARTS) is 3. The summed E-state index contributed by atoms with van der Waals surface area (Å²) < 4.78 is 0. The third-order valence-corrected chi connectivity index (χ3v) is 4.76. The molecule has 0 fully saturated rings. The van der Waals surface area contributed by atoms with Gasteiger partial charge in [0, 0.05) is 25.0 Å². The molecule has 0 aliphatic rings. The van der Waals surface area contributed by atoms with E-state index < -0.39 is 85.0 Å². The SMILES string of the molecule is NC(=O)CCC(NC(=O)C(N)CCC(=O)O)C(=O)NC(CS)C(=O)NC(CCC(=O)O)C(=O)O. The minimum atomic E-state index is -1.54. The van der Waals surface area contributed by atoms with Crippen LogP contribution in [0.5, 0.6) is 0 Å². The molecule has 4 amide bonds. The van der Waals surface area contributed by atoms with Crippen LogP contribution in [0.3, 0.4) is 0 Å². The first-order chi connectivity index (χ1) is 15.8. The van der Waals surface area contributed by atoms with E-state index in [0.29, 0.717) is 0 Å². The van der Waals surface area contributed by atoms with Crippen LogP contribution in [0.4, 0.5) is 0 Å². The molecule has 0 saturated carbocycles. The standard InChI is InChI=1S/C18H29N5O10S/c19-8(1-5-13(25)26)15(29)21-9(2-4-12(20)24)16(30)23-11(7-34)17(31)22-10(18(32)33)3-6-14(27)28/h8-11,34H,1-7,19H2,(H2,20,24)(H,21,29)(H,22,31)(H,23,30)(H,25,26)(H,27,28)(H,32,33). The van der Waals surface area contributed by atoms with Gasteiger partial charge in [0.25, 0.3) is 0 Å². The topological polar surface area (TPSA) is 268 Å². The van der Waals surface area contributed by atoms with Crippen LogP contribution in [0, 0.1) is 0 Å². The lowest BCUT2D eigenvalue weighted by atomic mass is 10.1. The van der Waals surface area contributed by atoms with E-state index in [0.717, 1.165) is 0 Å². The predicted molar refractivity (Wildman–Crippen MR) is 117 cm³/mol. The molecule has 0 aliphatic carbocycles. The zero-order valence-corrected chi connectivity index (χ0v) is 19.0. The van der Waals surface area contributed by atoms with Crippen LogP contribution in [0.15, 0.2) is 0 Å². The summed E-state index contributed by atoms with van der Waals surface area (Å²) in [6.45, 7) is 0. The summed E-state index contributed by atoms with van der Waals surface area (Å²) >= 11 is 3.94. The molecule has 0 heterocycles. The Bertz CT molecular complexity index is 793. The van der Waals surface area contributed by atoms with Gasteiger partial charge in [0.05, 0.1) is 6.04 Å². The Morgan fingerprint density at radius 3 is 1.59 bits per heavy atom. The summed E-state index contributed by atoms with van der Waals surface area (Å²) in [6, 6.07) is -5.57. The van der Waals surface area contributed by atoms with E-state index in [-0.39, 0.29) is 25.0 Å². The van der Waals surface area contributed by atoms with Crippen LogP contribution in [0.1, 0.15) is 38.5 Å². The van der Waals surface area contributed by atoms with Crippen LogP contribution in [-0.4, -0.2) is 86.8 Å². The van der Waals surface area contributed by atoms with Gasteiger partial charge >= 0.3 is 17.9 Å². The Morgan fingerprint density at radius 2 is 1.12 bits per heavy atom. The first-order valence-electron chi connectivity index (χ1n) is 10.0. The van der Waals surface area contributed by atoms with Crippen LogP contribution < -0.4 is 27.4 Å². The van der Waals surface area contributed by atoms with E-state index in [1.54, 1.807) is 0 Å². The minimum Gasteiger partial charge on any atom is -0.481 e. The fraction of sp³-hybridized carbons (Fsp3) is 0.611. The second-order valence-electron chi connectivity index (χ2n) is 7.18. The van der Waals surface area contributed by atoms with Gasteiger partial charge < -0.3 is 42.7 Å². The Labute approximate surface area is 199 Å². The maximum absolute atomic E-state index is 12.7. The van der Waals surface area contributed by atoms with Crippen molar-refractivity contribution in [3.05, 3.63) is 0 Å². The van der Waals surface area contributed by atoms with E-state index in [1.807, 2.05) is 0 Å². The number of amides is 4. The molecule has 0 aromatic carbocycles. The third kappa shape index (κ3) is 12.6. The largest absolute Gasteiger partial charge is 0.481 e. The van der Waals surface area contributed by atoms with Crippen LogP contribution in [-0.2, 0) is 33.6 Å². The van der Waals surface area contributed by atoms with Crippen molar-refractivity contribution in [2.45, 2.75) is 62.7 Å². The molecule has 4 atom stereocenters. The van der Waals surface area contributed by atoms with Crippen molar-refractivity contribution in [1.29, 1.82) is 0 Å². The quantitative estimate of drug-likeness (QED) is 0.0883. The second kappa shape index (κ2) is 15.4. The monoisotopic (exact) mass is 507 g/mol. The number of nitrogens with two attached hydrogens (primary N) is 2. The van der Waals surface area contributed by atoms with Crippen molar-refractivity contribution < 1.29 is 48.9 Å². The summed E-state index contributed by atoms with van der Waals surface area (Å²) in [5.41, 5.74) is 10.7. The first-order valence-corrected chi connectivity index (χ1v) is 10.6. The van der Waals surface area contributed by atoms with Gasteiger partial charge in [0.2, 0.25) is 23.6 Å². The van der Waals surface area contributed by atoms with Crippen LogP contribution >= 0.6 is 12.6 Å². The van der Waals surface area contributed by atoms with Gasteiger partial charge in [-0.2, -0.15) is 12.6 Å². The Balaban J connectivity index is 5.29. The van der Waals surface area contributed by atoms with Gasteiger partial charge in [-0.25, -0.2) is 4.79 Å². The summed E-state index contributed by atoms with van der Waals surface area (Å²) in [7, 11) is 0. The molecule has 0 saturated heterocycles. The zero-order valence-electron chi connectivity index (χ0n) is 18.1. The number of rotatable bonds is 17. The number of hydrogen-bond donors (Lipinski definition) is 9. The predicted octanol–water partition coefficient (Wildman–Crippen LogP) is -3.22. The molecule has 0 radical (unpaired) electrons. The highest BCUT2D eigenvalue weighted by Gasteiger charge is 2.30. The number of carboxylic acids is 3. The van der Waals surface area contributed by atoms with E-state index >= 15 is 0 Å². The molecule has 0 aliphatic heterocycles. The average molecular weight is 508 g/mol. The molecular formula is C18H29N5O10S. The van der Waals surface area contributed by atoms with Crippen molar-refractivity contribution in [2.24, 2.45) is 11.5 Å². The van der Waals surface area contributed by atoms with Gasteiger partial charge in [-0.15, -0.1) is 0 Å². The molecule has 15 nitrogen and oxygen atoms in total. The number of carbonyl (C=O) groups is 7. The molecule has 0 spiro atoms. The highest BCUT2D eigenvalue weighted by Crippen LogP contribution is 2.04. The highest BCUT2D eigenvalue weighted by atomic mass is 32.1. The van der Waals surface area contributed by atoms with E-state index in [9.17, 15) is 33.6 Å². The molecule has 192 valence electrons. The normalized spacial score (nSPS) is 14.1. The number of aliphatic carboxylic acids is 3. The van der Waals surface area contributed by atoms with Gasteiger partial charge in [-0.05, 0) is 19.3 Å². The van der Waals surface area contributed by atoms with Crippen molar-refractivity contribution >= 4 is 54.2 Å². The van der Waals surface area contributed by atoms with Gasteiger partial charge in [0.15, 0.2) is 0 Å². The Hall–Kier alpha value is -3.40. The molecule has 34 heavy (non-hydrogen) atoms. The maximum atomic E-state index is 12.7. The van der Waals surface area contributed by atoms with Crippen LogP contribution in [0.25, 0.3) is 0 Å². The maximum Gasteiger partial charge on any atom is 0.326 e. The molecule has 0 aromatic heterocycles. The zero-order chi connectivity index (χ0) is 26.4. The number of thiol groups is 1. The van der Waals surface area contributed by atoms with Crippen molar-refractivity contribution in [2.75, 3.05) is 5.75 Å². The van der Waals surface area contributed by atoms with E-state index in [4.69, 9.17) is 26.8 Å². The summed E-state index contributed by atoms with van der Waals surface area (Å²) in [5, 5.41) is 33.2. The third-order valence-electron chi connectivity index (χ3n) is 4.40. The van der Waals surface area contributed by atoms with Crippen LogP contribution in [0.2, 0.25) is 0 Å². The van der Waals surface area contributed by atoms with Crippen molar-refractivity contribution in [1.82, 2.24) is 16.0 Å². The van der Waals surface area contributed by atoms with E-state index in [2.05, 4.69) is 28.6 Å². The molecule has 0 rings (SSSR count). The average Bonchev–Trinajstić information content (AvgIpc) is 2.74. The Kier molecular flexibility index (Phi) is 13.9. The Morgan fingerprint density at radius 1 is 0.676 bits per heavy atom. The highest BCUT2D eigenvalue weighted by molar-refractivity contribution is 7.80. The molecule has 0 aromatic rings. The van der Waals surface area contributed by atoms with Crippen molar-refractivity contribution in [3.8, 4) is 0 Å². The minimum absolute atomic E-state index is 0.222. The number of carbonyl (C=O) groups excluding carboxylic acids is 4. The molecule has 16 heteroatoms. The lowest BCUT2D eigenvalue weighted by molar-refractivity contribution is -0.143. The molecular weight excluding hydrogens is 478 g/mol. The van der Waals surface area contributed by atoms with Gasteiger partial charge in [0.1, 0.15) is 18.1 Å². The first kappa shape index (κ1) is 30.6. The lowest BCUT2D eigenvalue weighted by Gasteiger charge is -2.24. The summed E-state index contributed by atoms with van der Waals surface area (Å²) in [4.78, 5) is 81.0. The fourth-order valence-corrected chi connectivity index (χ4v) is 2.77. The fourth-order valence-electron chi connectivity index (χ4n) is 2.51. The smallest absolute Gasteiger partial charge is 0.326 e. The van der Waals surface area contributed by atoms with E-state index in [1.165, 1.54) is 0 Å². The number of nitrogens with one attached hydrogen (secondary N) is 3.